The van der Waals surface area contributed by atoms with Gasteiger partial charge in [-0.05, 0) is 37.7 Å². The van der Waals surface area contributed by atoms with Crippen molar-refractivity contribution in [2.45, 2.75) is 52.2 Å². The molecule has 1 saturated carbocycles. The van der Waals surface area contributed by atoms with Gasteiger partial charge in [0.2, 0.25) is 0 Å². The summed E-state index contributed by atoms with van der Waals surface area (Å²) >= 11 is 0. The average Bonchev–Trinajstić information content (AvgIpc) is 2.64. The average molecular weight is 373 g/mol. The van der Waals surface area contributed by atoms with Crippen molar-refractivity contribution in [3.63, 3.8) is 0 Å². The van der Waals surface area contributed by atoms with E-state index in [0.717, 1.165) is 24.2 Å². The maximum absolute atomic E-state index is 12.0. The molecule has 1 aromatic rings. The molecule has 2 fully saturated rings. The number of nitrogens with one attached hydrogen (secondary N) is 1. The number of amides is 1. The number of hydrogen-bond acceptors (Lipinski definition) is 4. The summed E-state index contributed by atoms with van der Waals surface area (Å²) in [6.07, 6.45) is 1.56. The van der Waals surface area contributed by atoms with E-state index in [9.17, 15) is 4.79 Å². The Morgan fingerprint density at radius 3 is 2.89 bits per heavy atom. The zero-order valence-electron chi connectivity index (χ0n) is 16.8. The van der Waals surface area contributed by atoms with Crippen LogP contribution in [0.15, 0.2) is 24.3 Å². The molecule has 0 radical (unpaired) electrons. The van der Waals surface area contributed by atoms with Gasteiger partial charge in [-0.2, -0.15) is 0 Å². The molecule has 1 aliphatic carbocycles. The Balaban J connectivity index is 1.61. The van der Waals surface area contributed by atoms with Gasteiger partial charge in [-0.15, -0.1) is 0 Å². The molecule has 3 aliphatic rings. The third kappa shape index (κ3) is 2.82. The smallest absolute Gasteiger partial charge is 0.407 e. The van der Waals surface area contributed by atoms with E-state index in [2.05, 4.69) is 32.2 Å². The first kappa shape index (κ1) is 18.6. The Morgan fingerprint density at radius 1 is 1.33 bits per heavy atom. The first-order chi connectivity index (χ1) is 12.9. The Kier molecular flexibility index (Phi) is 4.61. The highest BCUT2D eigenvalue weighted by Crippen LogP contribution is 2.63. The van der Waals surface area contributed by atoms with E-state index in [0.29, 0.717) is 31.6 Å². The van der Waals surface area contributed by atoms with Crippen LogP contribution < -0.4 is 10.1 Å². The quantitative estimate of drug-likeness (QED) is 0.854. The van der Waals surface area contributed by atoms with E-state index in [1.54, 1.807) is 0 Å². The number of carbonyl (C=O) groups is 1. The van der Waals surface area contributed by atoms with E-state index < -0.39 is 0 Å². The third-order valence-electron chi connectivity index (χ3n) is 7.26. The number of para-hydroxylation sites is 1. The number of benzene rings is 1. The molecule has 1 aromatic carbocycles. The molecular formula is C22H31NO4. The van der Waals surface area contributed by atoms with Crippen LogP contribution in [-0.2, 0) is 9.47 Å². The molecule has 148 valence electrons. The monoisotopic (exact) mass is 373 g/mol. The van der Waals surface area contributed by atoms with Gasteiger partial charge in [-0.1, -0.05) is 39.0 Å². The van der Waals surface area contributed by atoms with Crippen molar-refractivity contribution in [1.82, 2.24) is 5.32 Å². The van der Waals surface area contributed by atoms with Crippen LogP contribution in [0, 0.1) is 23.2 Å². The van der Waals surface area contributed by atoms with Crippen LogP contribution in [0.5, 0.6) is 5.75 Å². The molecule has 1 N–H and O–H groups in total. The van der Waals surface area contributed by atoms with E-state index in [-0.39, 0.29) is 29.1 Å². The van der Waals surface area contributed by atoms with Crippen LogP contribution in [0.2, 0.25) is 0 Å². The Labute approximate surface area is 161 Å². The molecular weight excluding hydrogens is 342 g/mol. The summed E-state index contributed by atoms with van der Waals surface area (Å²) in [5, 5.41) is 2.81. The highest BCUT2D eigenvalue weighted by atomic mass is 16.6. The minimum absolute atomic E-state index is 0.0458. The fraction of sp³-hybridized carbons (Fsp3) is 0.682. The highest BCUT2D eigenvalue weighted by Gasteiger charge is 2.64. The van der Waals surface area contributed by atoms with Gasteiger partial charge in [-0.25, -0.2) is 4.79 Å². The molecule has 0 unspecified atom stereocenters. The molecule has 5 heteroatoms. The summed E-state index contributed by atoms with van der Waals surface area (Å²) in [5.74, 6) is 1.86. The first-order valence-electron chi connectivity index (χ1n) is 10.2. The van der Waals surface area contributed by atoms with Gasteiger partial charge in [0, 0.05) is 23.4 Å². The Morgan fingerprint density at radius 2 is 2.11 bits per heavy atom. The van der Waals surface area contributed by atoms with Gasteiger partial charge in [0.1, 0.15) is 18.0 Å². The predicted molar refractivity (Wildman–Crippen MR) is 103 cm³/mol. The number of rotatable bonds is 4. The third-order valence-corrected chi connectivity index (χ3v) is 7.26. The van der Waals surface area contributed by atoms with Gasteiger partial charge in [0.05, 0.1) is 12.7 Å². The lowest BCUT2D eigenvalue weighted by atomic mass is 9.50. The molecule has 27 heavy (non-hydrogen) atoms. The van der Waals surface area contributed by atoms with Gasteiger partial charge in [0.15, 0.2) is 0 Å². The number of fused-ring (bicyclic) bond motifs is 3. The SMILES string of the molecule is CCCNC(=O)OC[C@@]12CO[C@@H]3c4ccccc4O[C@](C)(C[C@H]1C)[C@H]3[C@H]2C. The summed E-state index contributed by atoms with van der Waals surface area (Å²) < 4.78 is 18.7. The van der Waals surface area contributed by atoms with Crippen LogP contribution in [0.4, 0.5) is 4.79 Å². The van der Waals surface area contributed by atoms with Crippen molar-refractivity contribution in [1.29, 1.82) is 0 Å². The topological polar surface area (TPSA) is 56.8 Å². The second kappa shape index (κ2) is 6.69. The lowest BCUT2D eigenvalue weighted by molar-refractivity contribution is -0.259. The minimum Gasteiger partial charge on any atom is -0.487 e. The molecule has 2 bridgehead atoms. The van der Waals surface area contributed by atoms with Gasteiger partial charge in [-0.3, -0.25) is 0 Å². The second-order valence-corrected chi connectivity index (χ2v) is 8.84. The number of alkyl carbamates (subject to hydrolysis) is 1. The Hall–Kier alpha value is -1.75. The van der Waals surface area contributed by atoms with E-state index in [1.165, 1.54) is 0 Å². The van der Waals surface area contributed by atoms with Crippen LogP contribution in [0.1, 0.15) is 52.2 Å². The molecule has 2 aliphatic heterocycles. The van der Waals surface area contributed by atoms with E-state index >= 15 is 0 Å². The van der Waals surface area contributed by atoms with Crippen LogP contribution in [0.25, 0.3) is 0 Å². The number of hydrogen-bond donors (Lipinski definition) is 1. The molecule has 4 rings (SSSR count). The largest absolute Gasteiger partial charge is 0.487 e. The summed E-state index contributed by atoms with van der Waals surface area (Å²) in [7, 11) is 0. The second-order valence-electron chi connectivity index (χ2n) is 8.84. The lowest BCUT2D eigenvalue weighted by Gasteiger charge is -2.63. The lowest BCUT2D eigenvalue weighted by Crippen LogP contribution is -2.66. The highest BCUT2D eigenvalue weighted by molar-refractivity contribution is 5.67. The van der Waals surface area contributed by atoms with Crippen LogP contribution in [0.3, 0.4) is 0 Å². The predicted octanol–water partition coefficient (Wildman–Crippen LogP) is 4.32. The van der Waals surface area contributed by atoms with Crippen molar-refractivity contribution < 1.29 is 19.0 Å². The summed E-state index contributed by atoms with van der Waals surface area (Å²) in [6, 6.07) is 8.24. The molecule has 2 heterocycles. The molecule has 0 aromatic heterocycles. The molecule has 1 amide bonds. The maximum atomic E-state index is 12.0. The molecule has 5 nitrogen and oxygen atoms in total. The standard InChI is InChI=1S/C22H31NO4/c1-5-10-23-20(24)26-13-22-12-25-19-16-8-6-7-9-17(16)27-21(4,11-14(22)2)18(19)15(22)3/h6-9,14-15,18-19H,5,10-13H2,1-4H3,(H,23,24)/t14-,15-,18+,19-,21-,22+/m1/s1. The van der Waals surface area contributed by atoms with Crippen molar-refractivity contribution in [3.05, 3.63) is 29.8 Å². The van der Waals surface area contributed by atoms with Crippen molar-refractivity contribution in [2.75, 3.05) is 19.8 Å². The summed E-state index contributed by atoms with van der Waals surface area (Å²) in [6.45, 7) is 10.4. The first-order valence-corrected chi connectivity index (χ1v) is 10.2. The van der Waals surface area contributed by atoms with Crippen LogP contribution >= 0.6 is 0 Å². The number of carbonyl (C=O) groups excluding carboxylic acids is 1. The molecule has 0 spiro atoms. The van der Waals surface area contributed by atoms with E-state index in [1.807, 2.05) is 25.1 Å². The zero-order valence-corrected chi connectivity index (χ0v) is 16.8. The van der Waals surface area contributed by atoms with Gasteiger partial charge < -0.3 is 19.5 Å². The summed E-state index contributed by atoms with van der Waals surface area (Å²) in [4.78, 5) is 12.0. The molecule has 1 saturated heterocycles. The fourth-order valence-electron chi connectivity index (χ4n) is 5.73. The normalized spacial score (nSPS) is 39.1. The van der Waals surface area contributed by atoms with E-state index in [4.69, 9.17) is 14.2 Å². The van der Waals surface area contributed by atoms with Crippen LogP contribution in [-0.4, -0.2) is 31.5 Å². The Bertz CT molecular complexity index is 722. The number of ether oxygens (including phenoxy) is 3. The maximum Gasteiger partial charge on any atom is 0.407 e. The summed E-state index contributed by atoms with van der Waals surface area (Å²) in [5.41, 5.74) is 0.725. The van der Waals surface area contributed by atoms with Gasteiger partial charge in [0.25, 0.3) is 0 Å². The van der Waals surface area contributed by atoms with Crippen molar-refractivity contribution in [2.24, 2.45) is 23.2 Å². The van der Waals surface area contributed by atoms with Crippen molar-refractivity contribution in [3.8, 4) is 5.75 Å². The molecule has 6 atom stereocenters. The van der Waals surface area contributed by atoms with Crippen molar-refractivity contribution >= 4 is 6.09 Å². The van der Waals surface area contributed by atoms with Gasteiger partial charge >= 0.3 is 6.09 Å². The zero-order chi connectivity index (χ0) is 19.2. The minimum atomic E-state index is -0.327. The fourth-order valence-corrected chi connectivity index (χ4v) is 5.73.